The van der Waals surface area contributed by atoms with Crippen LogP contribution in [0.1, 0.15) is 11.8 Å². The summed E-state index contributed by atoms with van der Waals surface area (Å²) < 4.78 is 40.5. The molecule has 0 amide bonds. The minimum atomic E-state index is -4.35. The van der Waals surface area contributed by atoms with Crippen molar-refractivity contribution in [3.8, 4) is 5.75 Å². The van der Waals surface area contributed by atoms with Crippen molar-refractivity contribution in [1.82, 2.24) is 5.32 Å². The molecule has 1 aromatic carbocycles. The largest absolute Gasteiger partial charge is 0.497 e. The fourth-order valence-corrected chi connectivity index (χ4v) is 1.14. The SMILES string of the molecule is COc1cccc(C(O)NCC(F)(F)F)c1. The highest BCUT2D eigenvalue weighted by Crippen LogP contribution is 2.19. The summed E-state index contributed by atoms with van der Waals surface area (Å²) in [6.45, 7) is -1.24. The molecular formula is C10H12F3NO2. The van der Waals surface area contributed by atoms with E-state index >= 15 is 0 Å². The lowest BCUT2D eigenvalue weighted by molar-refractivity contribution is -0.131. The average molecular weight is 235 g/mol. The van der Waals surface area contributed by atoms with Gasteiger partial charge in [-0.3, -0.25) is 5.32 Å². The summed E-state index contributed by atoms with van der Waals surface area (Å²) in [6, 6.07) is 6.21. The molecule has 0 bridgehead atoms. The minimum absolute atomic E-state index is 0.323. The Labute approximate surface area is 90.8 Å². The maximum atomic E-state index is 11.9. The van der Waals surface area contributed by atoms with E-state index in [0.29, 0.717) is 11.3 Å². The van der Waals surface area contributed by atoms with Crippen LogP contribution < -0.4 is 10.1 Å². The summed E-state index contributed by atoms with van der Waals surface area (Å²) in [6.07, 6.45) is -5.71. The lowest BCUT2D eigenvalue weighted by Gasteiger charge is -2.15. The van der Waals surface area contributed by atoms with Gasteiger partial charge in [0.1, 0.15) is 12.0 Å². The van der Waals surface area contributed by atoms with Crippen molar-refractivity contribution in [2.45, 2.75) is 12.4 Å². The molecule has 0 radical (unpaired) electrons. The van der Waals surface area contributed by atoms with Crippen LogP contribution in [0.15, 0.2) is 24.3 Å². The predicted octanol–water partition coefficient (Wildman–Crippen LogP) is 1.84. The molecule has 2 N–H and O–H groups in total. The van der Waals surface area contributed by atoms with Crippen molar-refractivity contribution >= 4 is 0 Å². The summed E-state index contributed by atoms with van der Waals surface area (Å²) >= 11 is 0. The zero-order valence-corrected chi connectivity index (χ0v) is 8.58. The fourth-order valence-electron chi connectivity index (χ4n) is 1.14. The summed E-state index contributed by atoms with van der Waals surface area (Å²) in [5.41, 5.74) is 0.323. The molecule has 0 saturated carbocycles. The molecule has 3 nitrogen and oxygen atoms in total. The number of hydrogen-bond donors (Lipinski definition) is 2. The van der Waals surface area contributed by atoms with Crippen molar-refractivity contribution in [2.24, 2.45) is 0 Å². The van der Waals surface area contributed by atoms with Gasteiger partial charge in [-0.25, -0.2) is 0 Å². The number of aliphatic hydroxyl groups excluding tert-OH is 1. The van der Waals surface area contributed by atoms with Gasteiger partial charge in [-0.2, -0.15) is 13.2 Å². The van der Waals surface area contributed by atoms with E-state index in [1.54, 1.807) is 12.1 Å². The Kier molecular flexibility index (Phi) is 4.14. The zero-order valence-electron chi connectivity index (χ0n) is 8.58. The standard InChI is InChI=1S/C10H12F3NO2/c1-16-8-4-2-3-7(5-8)9(15)14-6-10(11,12)13/h2-5,9,14-15H,6H2,1H3. The third kappa shape index (κ3) is 4.08. The van der Waals surface area contributed by atoms with Gasteiger partial charge in [0.25, 0.3) is 0 Å². The molecule has 0 spiro atoms. The third-order valence-corrected chi connectivity index (χ3v) is 1.91. The molecule has 1 unspecified atom stereocenters. The number of alkyl halides is 3. The zero-order chi connectivity index (χ0) is 12.2. The number of benzene rings is 1. The second kappa shape index (κ2) is 5.18. The number of methoxy groups -OCH3 is 1. The molecule has 6 heteroatoms. The van der Waals surface area contributed by atoms with Gasteiger partial charge in [-0.1, -0.05) is 12.1 Å². The molecule has 0 aliphatic carbocycles. The molecule has 1 rings (SSSR count). The molecule has 16 heavy (non-hydrogen) atoms. The Morgan fingerprint density at radius 3 is 2.69 bits per heavy atom. The minimum Gasteiger partial charge on any atom is -0.497 e. The maximum Gasteiger partial charge on any atom is 0.401 e. The highest BCUT2D eigenvalue weighted by Gasteiger charge is 2.27. The first-order valence-electron chi connectivity index (χ1n) is 4.54. The van der Waals surface area contributed by atoms with Gasteiger partial charge in [0.05, 0.1) is 13.7 Å². The van der Waals surface area contributed by atoms with Crippen LogP contribution in [-0.2, 0) is 0 Å². The van der Waals surface area contributed by atoms with E-state index in [-0.39, 0.29) is 0 Å². The van der Waals surface area contributed by atoms with Crippen LogP contribution >= 0.6 is 0 Å². The van der Waals surface area contributed by atoms with Crippen molar-refractivity contribution < 1.29 is 23.0 Å². The van der Waals surface area contributed by atoms with Gasteiger partial charge in [-0.15, -0.1) is 0 Å². The summed E-state index contributed by atoms with van der Waals surface area (Å²) in [5.74, 6) is 0.477. The van der Waals surface area contributed by atoms with Crippen molar-refractivity contribution in [2.75, 3.05) is 13.7 Å². The van der Waals surface area contributed by atoms with Gasteiger partial charge in [0, 0.05) is 0 Å². The van der Waals surface area contributed by atoms with Gasteiger partial charge >= 0.3 is 6.18 Å². The Balaban J connectivity index is 2.62. The number of aliphatic hydroxyl groups is 1. The Hall–Kier alpha value is -1.27. The Bertz CT molecular complexity index is 341. The second-order valence-corrected chi connectivity index (χ2v) is 3.18. The Morgan fingerprint density at radius 2 is 2.12 bits per heavy atom. The summed E-state index contributed by atoms with van der Waals surface area (Å²) in [7, 11) is 1.44. The highest BCUT2D eigenvalue weighted by atomic mass is 19.4. The number of rotatable bonds is 4. The molecule has 0 fully saturated rings. The molecular weight excluding hydrogens is 223 g/mol. The number of nitrogens with one attached hydrogen (secondary N) is 1. The van der Waals surface area contributed by atoms with Crippen LogP contribution in [0.2, 0.25) is 0 Å². The van der Waals surface area contributed by atoms with E-state index in [9.17, 15) is 18.3 Å². The monoisotopic (exact) mass is 235 g/mol. The molecule has 0 saturated heterocycles. The van der Waals surface area contributed by atoms with Crippen molar-refractivity contribution in [1.29, 1.82) is 0 Å². The number of halogens is 3. The number of hydrogen-bond acceptors (Lipinski definition) is 3. The van der Waals surface area contributed by atoms with E-state index in [1.807, 2.05) is 5.32 Å². The lowest BCUT2D eigenvalue weighted by atomic mass is 10.2. The second-order valence-electron chi connectivity index (χ2n) is 3.18. The molecule has 1 atom stereocenters. The van der Waals surface area contributed by atoms with Gasteiger partial charge in [-0.05, 0) is 17.7 Å². The van der Waals surface area contributed by atoms with Crippen LogP contribution in [0, 0.1) is 0 Å². The summed E-state index contributed by atoms with van der Waals surface area (Å²) in [5, 5.41) is 11.4. The van der Waals surface area contributed by atoms with Crippen LogP contribution in [0.5, 0.6) is 5.75 Å². The maximum absolute atomic E-state index is 11.9. The van der Waals surface area contributed by atoms with Crippen LogP contribution in [-0.4, -0.2) is 24.9 Å². The van der Waals surface area contributed by atoms with E-state index in [0.717, 1.165) is 0 Å². The fraction of sp³-hybridized carbons (Fsp3) is 0.400. The lowest BCUT2D eigenvalue weighted by Crippen LogP contribution is -2.31. The van der Waals surface area contributed by atoms with Gasteiger partial charge in [0.2, 0.25) is 0 Å². The highest BCUT2D eigenvalue weighted by molar-refractivity contribution is 5.29. The van der Waals surface area contributed by atoms with E-state index in [2.05, 4.69) is 0 Å². The smallest absolute Gasteiger partial charge is 0.401 e. The van der Waals surface area contributed by atoms with E-state index in [4.69, 9.17) is 4.74 Å². The Morgan fingerprint density at radius 1 is 1.44 bits per heavy atom. The topological polar surface area (TPSA) is 41.5 Å². The normalized spacial score (nSPS) is 13.6. The van der Waals surface area contributed by atoms with E-state index < -0.39 is 18.9 Å². The molecule has 0 heterocycles. The first kappa shape index (κ1) is 12.8. The third-order valence-electron chi connectivity index (χ3n) is 1.91. The van der Waals surface area contributed by atoms with Crippen molar-refractivity contribution in [3.63, 3.8) is 0 Å². The van der Waals surface area contributed by atoms with Gasteiger partial charge < -0.3 is 9.84 Å². The quantitative estimate of drug-likeness (QED) is 0.782. The number of ether oxygens (including phenoxy) is 1. The van der Waals surface area contributed by atoms with Crippen LogP contribution in [0.3, 0.4) is 0 Å². The molecule has 0 aliphatic rings. The first-order chi connectivity index (χ1) is 7.42. The van der Waals surface area contributed by atoms with Crippen molar-refractivity contribution in [3.05, 3.63) is 29.8 Å². The molecule has 0 aliphatic heterocycles. The van der Waals surface area contributed by atoms with Crippen LogP contribution in [0.25, 0.3) is 0 Å². The molecule has 1 aromatic rings. The average Bonchev–Trinajstić information content (AvgIpc) is 2.25. The first-order valence-corrected chi connectivity index (χ1v) is 4.54. The van der Waals surface area contributed by atoms with Gasteiger partial charge in [0.15, 0.2) is 0 Å². The molecule has 0 aromatic heterocycles. The summed E-state index contributed by atoms with van der Waals surface area (Å²) in [4.78, 5) is 0. The molecule has 90 valence electrons. The van der Waals surface area contributed by atoms with Crippen LogP contribution in [0.4, 0.5) is 13.2 Å². The predicted molar refractivity (Wildman–Crippen MR) is 52.0 cm³/mol. The van der Waals surface area contributed by atoms with E-state index in [1.165, 1.54) is 19.2 Å².